The lowest BCUT2D eigenvalue weighted by Crippen LogP contribution is -2.57. The largest absolute Gasteiger partial charge is 0.480 e. The normalized spacial score (nSPS) is 20.6. The van der Waals surface area contributed by atoms with Crippen LogP contribution in [0.1, 0.15) is 54.2 Å². The Morgan fingerprint density at radius 1 is 1.05 bits per heavy atom. The predicted octanol–water partition coefficient (Wildman–Crippen LogP) is 6.95. The molecular weight excluding hydrogens is 516 g/mol. The van der Waals surface area contributed by atoms with Crippen LogP contribution in [0.3, 0.4) is 0 Å². The molecule has 1 N–H and O–H groups in total. The molecule has 3 aromatic rings. The summed E-state index contributed by atoms with van der Waals surface area (Å²) >= 11 is 12.4. The maximum absolute atomic E-state index is 14.0. The van der Waals surface area contributed by atoms with Crippen molar-refractivity contribution in [2.75, 3.05) is 0 Å². The fourth-order valence-corrected chi connectivity index (χ4v) is 5.28. The molecule has 8 heteroatoms. The van der Waals surface area contributed by atoms with E-state index < -0.39 is 36.2 Å². The molecule has 0 saturated carbocycles. The summed E-state index contributed by atoms with van der Waals surface area (Å²) in [5.41, 5.74) is 3.07. The molecule has 1 saturated heterocycles. The van der Waals surface area contributed by atoms with Crippen molar-refractivity contribution in [3.8, 4) is 0 Å². The molecule has 1 amide bonds. The van der Waals surface area contributed by atoms with Crippen molar-refractivity contribution in [1.29, 1.82) is 0 Å². The number of aryl methyl sites for hydroxylation is 1. The Labute approximate surface area is 225 Å². The average molecular weight is 544 g/mol. The van der Waals surface area contributed by atoms with E-state index in [1.54, 1.807) is 42.5 Å². The van der Waals surface area contributed by atoms with E-state index in [-0.39, 0.29) is 18.7 Å². The number of carboxylic acid groups (broad SMARTS) is 1. The molecule has 0 aromatic heterocycles. The molecule has 1 aliphatic rings. The van der Waals surface area contributed by atoms with Crippen LogP contribution in [0.4, 0.5) is 4.39 Å². The zero-order valence-corrected chi connectivity index (χ0v) is 22.0. The first-order valence-electron chi connectivity index (χ1n) is 12.2. The van der Waals surface area contributed by atoms with E-state index in [0.717, 1.165) is 11.1 Å². The highest BCUT2D eigenvalue weighted by Crippen LogP contribution is 2.45. The molecule has 0 radical (unpaired) electrons. The zero-order valence-electron chi connectivity index (χ0n) is 20.5. The number of morpholine rings is 1. The number of rotatable bonds is 8. The summed E-state index contributed by atoms with van der Waals surface area (Å²) in [5, 5.41) is 11.3. The van der Waals surface area contributed by atoms with Crippen molar-refractivity contribution in [2.45, 2.75) is 57.4 Å². The maximum Gasteiger partial charge on any atom is 0.326 e. The van der Waals surface area contributed by atoms with Gasteiger partial charge in [0.1, 0.15) is 24.1 Å². The first kappa shape index (κ1) is 27.1. The van der Waals surface area contributed by atoms with E-state index in [1.807, 2.05) is 26.0 Å². The van der Waals surface area contributed by atoms with Crippen LogP contribution < -0.4 is 0 Å². The van der Waals surface area contributed by atoms with Gasteiger partial charge in [-0.2, -0.15) is 0 Å². The molecular formula is C29H28Cl2FNO4. The fraction of sp³-hybridized carbons (Fsp3) is 0.310. The van der Waals surface area contributed by atoms with Crippen LogP contribution in [0.5, 0.6) is 0 Å². The molecule has 37 heavy (non-hydrogen) atoms. The average Bonchev–Trinajstić information content (AvgIpc) is 2.86. The van der Waals surface area contributed by atoms with Crippen LogP contribution in [0.25, 0.3) is 0 Å². The highest BCUT2D eigenvalue weighted by atomic mass is 35.5. The third-order valence-electron chi connectivity index (χ3n) is 6.69. The Balaban J connectivity index is 1.88. The van der Waals surface area contributed by atoms with Crippen LogP contribution in [0.15, 0.2) is 66.7 Å². The first-order valence-corrected chi connectivity index (χ1v) is 12.9. The molecule has 4 atom stereocenters. The molecule has 0 unspecified atom stereocenters. The standard InChI is InChI=1S/C29H28Cl2FNO4/c1-3-4-24(29(35)36)33-26(19-7-9-20(30)10-8-19)27(23-14-11-21(31)15-17(23)2)37-25(28(33)34)16-18-5-12-22(32)13-6-18/h5-15,24-27H,3-4,16H2,1-2H3,(H,35,36)/t24-,25-,26+,27-/m1/s1. The molecule has 1 heterocycles. The second-order valence-electron chi connectivity index (χ2n) is 9.26. The molecule has 1 aliphatic heterocycles. The summed E-state index contributed by atoms with van der Waals surface area (Å²) in [7, 11) is 0. The number of amides is 1. The monoisotopic (exact) mass is 543 g/mol. The summed E-state index contributed by atoms with van der Waals surface area (Å²) in [6.45, 7) is 3.79. The van der Waals surface area contributed by atoms with Crippen LogP contribution in [0.2, 0.25) is 10.0 Å². The summed E-state index contributed by atoms with van der Waals surface area (Å²) < 4.78 is 20.0. The summed E-state index contributed by atoms with van der Waals surface area (Å²) in [4.78, 5) is 28.0. The number of aliphatic carboxylic acids is 1. The lowest BCUT2D eigenvalue weighted by atomic mass is 9.87. The minimum Gasteiger partial charge on any atom is -0.480 e. The lowest BCUT2D eigenvalue weighted by molar-refractivity contribution is -0.184. The van der Waals surface area contributed by atoms with Crippen molar-refractivity contribution < 1.29 is 23.8 Å². The number of hydrogen-bond acceptors (Lipinski definition) is 3. The number of carboxylic acids is 1. The van der Waals surface area contributed by atoms with E-state index in [9.17, 15) is 19.1 Å². The SMILES string of the molecule is CCC[C@H](C(=O)O)N1C(=O)[C@@H](Cc2ccc(F)cc2)O[C@H](c2ccc(Cl)cc2C)[C@@H]1c1ccc(Cl)cc1. The maximum atomic E-state index is 14.0. The molecule has 0 bridgehead atoms. The highest BCUT2D eigenvalue weighted by Gasteiger charge is 2.48. The Morgan fingerprint density at radius 2 is 1.70 bits per heavy atom. The van der Waals surface area contributed by atoms with Crippen LogP contribution in [-0.4, -0.2) is 34.0 Å². The predicted molar refractivity (Wildman–Crippen MR) is 141 cm³/mol. The molecule has 194 valence electrons. The van der Waals surface area contributed by atoms with Gasteiger partial charge in [-0.1, -0.05) is 66.9 Å². The van der Waals surface area contributed by atoms with Gasteiger partial charge in [0.25, 0.3) is 5.91 Å². The van der Waals surface area contributed by atoms with Gasteiger partial charge in [0, 0.05) is 16.5 Å². The topological polar surface area (TPSA) is 66.8 Å². The molecule has 5 nitrogen and oxygen atoms in total. The number of carbonyl (C=O) groups excluding carboxylic acids is 1. The number of benzene rings is 3. The van der Waals surface area contributed by atoms with E-state index in [0.29, 0.717) is 27.6 Å². The third-order valence-corrected chi connectivity index (χ3v) is 7.18. The van der Waals surface area contributed by atoms with Gasteiger partial charge >= 0.3 is 5.97 Å². The van der Waals surface area contributed by atoms with Crippen molar-refractivity contribution in [3.05, 3.63) is 105 Å². The molecule has 4 rings (SSSR count). The van der Waals surface area contributed by atoms with Gasteiger partial charge in [0.2, 0.25) is 0 Å². The minimum atomic E-state index is -1.08. The van der Waals surface area contributed by atoms with Gasteiger partial charge < -0.3 is 14.7 Å². The van der Waals surface area contributed by atoms with E-state index in [1.165, 1.54) is 17.0 Å². The van der Waals surface area contributed by atoms with Gasteiger partial charge in [0.15, 0.2) is 0 Å². The summed E-state index contributed by atoms with van der Waals surface area (Å²) in [6, 6.07) is 16.5. The van der Waals surface area contributed by atoms with Gasteiger partial charge in [-0.15, -0.1) is 0 Å². The highest BCUT2D eigenvalue weighted by molar-refractivity contribution is 6.30. The Bertz CT molecular complexity index is 1270. The van der Waals surface area contributed by atoms with E-state index in [4.69, 9.17) is 27.9 Å². The summed E-state index contributed by atoms with van der Waals surface area (Å²) in [5.74, 6) is -1.89. The molecule has 0 spiro atoms. The fourth-order valence-electron chi connectivity index (χ4n) is 4.93. The first-order chi connectivity index (χ1) is 17.7. The number of ether oxygens (including phenoxy) is 1. The molecule has 3 aromatic carbocycles. The Kier molecular flexibility index (Phi) is 8.53. The van der Waals surface area contributed by atoms with Gasteiger partial charge in [-0.3, -0.25) is 4.79 Å². The number of carbonyl (C=O) groups is 2. The number of hydrogen-bond donors (Lipinski definition) is 1. The second kappa shape index (κ2) is 11.6. The third kappa shape index (κ3) is 5.98. The van der Waals surface area contributed by atoms with Crippen LogP contribution >= 0.6 is 23.2 Å². The Hall–Kier alpha value is -2.93. The quantitative estimate of drug-likeness (QED) is 0.334. The lowest BCUT2D eigenvalue weighted by Gasteiger charge is -2.47. The molecule has 0 aliphatic carbocycles. The van der Waals surface area contributed by atoms with Crippen LogP contribution in [0, 0.1) is 12.7 Å². The van der Waals surface area contributed by atoms with Crippen molar-refractivity contribution in [3.63, 3.8) is 0 Å². The molecule has 1 fully saturated rings. The van der Waals surface area contributed by atoms with Gasteiger partial charge in [-0.25, -0.2) is 9.18 Å². The van der Waals surface area contributed by atoms with Crippen molar-refractivity contribution >= 4 is 35.1 Å². The van der Waals surface area contributed by atoms with Crippen molar-refractivity contribution in [1.82, 2.24) is 4.90 Å². The van der Waals surface area contributed by atoms with Crippen molar-refractivity contribution in [2.24, 2.45) is 0 Å². The number of nitrogens with zero attached hydrogens (tertiary/aromatic N) is 1. The van der Waals surface area contributed by atoms with E-state index >= 15 is 0 Å². The number of halogens is 3. The summed E-state index contributed by atoms with van der Waals surface area (Å²) in [6.07, 6.45) is -0.624. The second-order valence-corrected chi connectivity index (χ2v) is 10.1. The van der Waals surface area contributed by atoms with E-state index in [2.05, 4.69) is 0 Å². The smallest absolute Gasteiger partial charge is 0.326 e. The van der Waals surface area contributed by atoms with Crippen LogP contribution in [-0.2, 0) is 20.7 Å². The zero-order chi connectivity index (χ0) is 26.7. The van der Waals surface area contributed by atoms with Gasteiger partial charge in [0.05, 0.1) is 6.04 Å². The minimum absolute atomic E-state index is 0.171. The Morgan fingerprint density at radius 3 is 2.30 bits per heavy atom. The van der Waals surface area contributed by atoms with Gasteiger partial charge in [-0.05, 0) is 72.0 Å².